The molecule has 17 nitrogen and oxygen atoms in total. The summed E-state index contributed by atoms with van der Waals surface area (Å²) in [5, 5.41) is 38.1. The lowest BCUT2D eigenvalue weighted by Crippen LogP contribution is -2.57. The van der Waals surface area contributed by atoms with Crippen molar-refractivity contribution in [3.05, 3.63) is 32.6 Å². The average molecular weight is 579 g/mol. The number of thiol groups is 1. The molecular formula is C16H25N2O15P2S-. The molecule has 3 heterocycles. The molecule has 0 aliphatic carbocycles. The van der Waals surface area contributed by atoms with Crippen LogP contribution in [0.15, 0.2) is 15.8 Å². The van der Waals surface area contributed by atoms with Gasteiger partial charge in [-0.15, -0.1) is 0 Å². The van der Waals surface area contributed by atoms with Crippen molar-refractivity contribution in [1.82, 2.24) is 9.55 Å². The number of hydrogen-bond acceptors (Lipinski definition) is 15. The van der Waals surface area contributed by atoms with Crippen molar-refractivity contribution < 1.29 is 62.2 Å². The van der Waals surface area contributed by atoms with E-state index in [1.54, 1.807) is 0 Å². The fourth-order valence-corrected chi connectivity index (χ4v) is 5.91. The largest absolute Gasteiger partial charge is 0.756 e. The molecule has 0 bridgehead atoms. The van der Waals surface area contributed by atoms with Gasteiger partial charge in [0.1, 0.15) is 18.4 Å². The Kier molecular flexibility index (Phi) is 9.40. The van der Waals surface area contributed by atoms with Gasteiger partial charge < -0.3 is 39.7 Å². The number of H-pyrrole nitrogens is 1. The van der Waals surface area contributed by atoms with E-state index in [1.165, 1.54) is 13.1 Å². The standard InChI is InChI=1S/C16H26N2O15P2S/c1-6-3-18(16(24)17-14(6)23)10-2-7(20)9(30-10)5-29-34(25,26)33-35(27,28)32-15-12(22)11(21)13(36)8(4-19)31-15/h3,7-13,15,19-22,36H,2,4-5H2,1H3,(H,25,26)(H,27,28)(H,17,23,24)/p-1/t7-,8?,9-,10-,11-,12?,13-,15-/m1/s1. The SMILES string of the molecule is Cc1cn([C@H]2C[C@@H](O)[C@@H](COP(=O)(O)OP(=O)([O-])O[C@H]3OC(CO)[C@@H](S)[C@H](O)C3O)O2)c(=O)[nH]c1=O. The van der Waals surface area contributed by atoms with E-state index in [2.05, 4.69) is 31.0 Å². The minimum absolute atomic E-state index is 0.170. The summed E-state index contributed by atoms with van der Waals surface area (Å²) in [5.74, 6) is 0. The number of rotatable bonds is 9. The first-order valence-corrected chi connectivity index (χ1v) is 13.8. The van der Waals surface area contributed by atoms with E-state index in [4.69, 9.17) is 9.47 Å². The highest BCUT2D eigenvalue weighted by Crippen LogP contribution is 2.59. The zero-order valence-electron chi connectivity index (χ0n) is 18.4. The van der Waals surface area contributed by atoms with Crippen LogP contribution in [0.2, 0.25) is 0 Å². The van der Waals surface area contributed by atoms with Gasteiger partial charge in [0.2, 0.25) is 0 Å². The summed E-state index contributed by atoms with van der Waals surface area (Å²) in [7, 11) is -11.1. The van der Waals surface area contributed by atoms with Crippen molar-refractivity contribution in [3.8, 4) is 0 Å². The van der Waals surface area contributed by atoms with Crippen LogP contribution >= 0.6 is 28.3 Å². The Bertz CT molecular complexity index is 1140. The highest BCUT2D eigenvalue weighted by molar-refractivity contribution is 7.81. The van der Waals surface area contributed by atoms with Crippen molar-refractivity contribution >= 4 is 28.3 Å². The second-order valence-electron chi connectivity index (χ2n) is 8.01. The normalized spacial score (nSPS) is 36.3. The molecule has 0 amide bonds. The molecule has 2 fully saturated rings. The molecule has 1 aromatic heterocycles. The Morgan fingerprint density at radius 2 is 1.89 bits per heavy atom. The van der Waals surface area contributed by atoms with E-state index in [1.807, 2.05) is 0 Å². The molecule has 20 heteroatoms. The smallest absolute Gasteiger partial charge is 0.478 e. The van der Waals surface area contributed by atoms with Gasteiger partial charge >= 0.3 is 13.5 Å². The van der Waals surface area contributed by atoms with Crippen molar-refractivity contribution in [2.45, 2.75) is 61.6 Å². The van der Waals surface area contributed by atoms with Crippen molar-refractivity contribution in [3.63, 3.8) is 0 Å². The predicted octanol–water partition coefficient (Wildman–Crippen LogP) is -3.15. The monoisotopic (exact) mass is 579 g/mol. The Hall–Kier alpha value is -0.950. The molecule has 0 aromatic carbocycles. The number of hydrogen-bond donors (Lipinski definition) is 7. The number of nitrogens with zero attached hydrogens (tertiary/aromatic N) is 1. The first kappa shape index (κ1) is 29.6. The number of aliphatic hydroxyl groups excluding tert-OH is 4. The maximum absolute atomic E-state index is 12.2. The van der Waals surface area contributed by atoms with Gasteiger partial charge in [0.25, 0.3) is 13.4 Å². The third-order valence-electron chi connectivity index (χ3n) is 5.35. The van der Waals surface area contributed by atoms with Crippen molar-refractivity contribution in [2.75, 3.05) is 13.2 Å². The van der Waals surface area contributed by atoms with Crippen LogP contribution < -0.4 is 16.1 Å². The number of aliphatic hydroxyl groups is 4. The van der Waals surface area contributed by atoms with E-state index >= 15 is 0 Å². The van der Waals surface area contributed by atoms with Crippen LogP contribution in [0.5, 0.6) is 0 Å². The van der Waals surface area contributed by atoms with Gasteiger partial charge in [-0.3, -0.25) is 28.0 Å². The van der Waals surface area contributed by atoms with E-state index in [-0.39, 0.29) is 12.0 Å². The molecule has 4 unspecified atom stereocenters. The Morgan fingerprint density at radius 1 is 1.22 bits per heavy atom. The molecule has 6 N–H and O–H groups in total. The van der Waals surface area contributed by atoms with Crippen LogP contribution in [-0.4, -0.2) is 90.1 Å². The molecule has 0 radical (unpaired) electrons. The molecular weight excluding hydrogens is 554 g/mol. The number of phosphoric acid groups is 2. The first-order valence-electron chi connectivity index (χ1n) is 10.3. The molecule has 10 atom stereocenters. The molecule has 1 aromatic rings. The van der Waals surface area contributed by atoms with Crippen LogP contribution in [0, 0.1) is 6.92 Å². The quantitative estimate of drug-likeness (QED) is 0.113. The second-order valence-corrected chi connectivity index (χ2v) is 11.6. The van der Waals surface area contributed by atoms with E-state index < -0.39 is 88.4 Å². The number of nitrogens with one attached hydrogen (secondary N) is 1. The number of aromatic nitrogens is 2. The molecule has 36 heavy (non-hydrogen) atoms. The topological polar surface area (TPSA) is 259 Å². The Labute approximate surface area is 207 Å². The molecule has 2 aliphatic heterocycles. The van der Waals surface area contributed by atoms with Crippen LogP contribution in [-0.2, 0) is 32.0 Å². The highest BCUT2D eigenvalue weighted by atomic mass is 32.1. The molecule has 0 spiro atoms. The molecule has 2 aliphatic rings. The molecule has 3 rings (SSSR count). The average Bonchev–Trinajstić information content (AvgIpc) is 3.14. The summed E-state index contributed by atoms with van der Waals surface area (Å²) < 4.78 is 48.7. The fraction of sp³-hybridized carbons (Fsp3) is 0.750. The predicted molar refractivity (Wildman–Crippen MR) is 117 cm³/mol. The van der Waals surface area contributed by atoms with Gasteiger partial charge in [-0.1, -0.05) is 0 Å². The Morgan fingerprint density at radius 3 is 2.53 bits per heavy atom. The van der Waals surface area contributed by atoms with Crippen LogP contribution in [0.1, 0.15) is 18.2 Å². The lowest BCUT2D eigenvalue weighted by molar-refractivity contribution is -0.279. The van der Waals surface area contributed by atoms with Crippen molar-refractivity contribution in [1.29, 1.82) is 0 Å². The summed E-state index contributed by atoms with van der Waals surface area (Å²) in [4.78, 5) is 47.5. The zero-order valence-corrected chi connectivity index (χ0v) is 21.1. The van der Waals surface area contributed by atoms with Crippen LogP contribution in [0.3, 0.4) is 0 Å². The number of aryl methyl sites for hydroxylation is 1. The fourth-order valence-electron chi connectivity index (χ4n) is 3.45. The lowest BCUT2D eigenvalue weighted by Gasteiger charge is -2.41. The Balaban J connectivity index is 1.59. The summed E-state index contributed by atoms with van der Waals surface area (Å²) in [6, 6.07) is 0. The van der Waals surface area contributed by atoms with Gasteiger partial charge in [0.15, 0.2) is 6.29 Å². The number of aromatic amines is 1. The number of phosphoric ester groups is 2. The minimum Gasteiger partial charge on any atom is -0.756 e. The minimum atomic E-state index is -5.73. The maximum atomic E-state index is 12.2. The third-order valence-corrected chi connectivity index (χ3v) is 8.55. The van der Waals surface area contributed by atoms with Crippen LogP contribution in [0.4, 0.5) is 0 Å². The molecule has 206 valence electrons. The zero-order chi connectivity index (χ0) is 27.0. The molecule has 2 saturated heterocycles. The summed E-state index contributed by atoms with van der Waals surface area (Å²) in [5.41, 5.74) is -1.26. The van der Waals surface area contributed by atoms with Crippen LogP contribution in [0.25, 0.3) is 0 Å². The first-order chi connectivity index (χ1) is 16.6. The van der Waals surface area contributed by atoms with E-state index in [0.717, 1.165) is 4.57 Å². The highest BCUT2D eigenvalue weighted by Gasteiger charge is 2.46. The summed E-state index contributed by atoms with van der Waals surface area (Å²) >= 11 is 3.93. The number of ether oxygens (including phenoxy) is 2. The third kappa shape index (κ3) is 6.92. The van der Waals surface area contributed by atoms with Gasteiger partial charge in [-0.25, -0.2) is 13.7 Å². The van der Waals surface area contributed by atoms with Gasteiger partial charge in [0, 0.05) is 18.2 Å². The second kappa shape index (κ2) is 11.4. The van der Waals surface area contributed by atoms with Gasteiger partial charge in [-0.2, -0.15) is 12.6 Å². The van der Waals surface area contributed by atoms with E-state index in [9.17, 15) is 48.9 Å². The summed E-state index contributed by atoms with van der Waals surface area (Å²) in [6.45, 7) is -0.154. The van der Waals surface area contributed by atoms with Crippen molar-refractivity contribution in [2.24, 2.45) is 0 Å². The van der Waals surface area contributed by atoms with Gasteiger partial charge in [-0.05, 0) is 6.92 Å². The molecule has 0 saturated carbocycles. The van der Waals surface area contributed by atoms with Gasteiger partial charge in [0.05, 0.1) is 36.8 Å². The van der Waals surface area contributed by atoms with E-state index in [0.29, 0.717) is 0 Å². The maximum Gasteiger partial charge on any atom is 0.478 e. The summed E-state index contributed by atoms with van der Waals surface area (Å²) in [6.07, 6.45) is -9.68. The lowest BCUT2D eigenvalue weighted by atomic mass is 10.0.